The minimum atomic E-state index is 0.235. The van der Waals surface area contributed by atoms with Gasteiger partial charge in [0.15, 0.2) is 17.3 Å². The first-order valence-corrected chi connectivity index (χ1v) is 12.2. The van der Waals surface area contributed by atoms with Gasteiger partial charge in [-0.25, -0.2) is 15.0 Å². The van der Waals surface area contributed by atoms with Gasteiger partial charge in [0.2, 0.25) is 0 Å². The van der Waals surface area contributed by atoms with E-state index in [1.54, 1.807) is 23.5 Å². The van der Waals surface area contributed by atoms with Crippen molar-refractivity contribution in [1.82, 2.24) is 24.5 Å². The van der Waals surface area contributed by atoms with Crippen LogP contribution >= 0.6 is 11.3 Å². The van der Waals surface area contributed by atoms with Crippen LogP contribution in [-0.2, 0) is 6.42 Å². The molecule has 170 valence electrons. The number of phenolic OH excluding ortho intramolecular Hbond substituents is 1. The number of thiophene rings is 1. The lowest BCUT2D eigenvalue weighted by Gasteiger charge is -2.11. The van der Waals surface area contributed by atoms with E-state index in [2.05, 4.69) is 57.3 Å². The zero-order chi connectivity index (χ0) is 23.2. The molecule has 0 fully saturated rings. The fraction of sp³-hybridized carbons (Fsp3) is 0.192. The number of aromatic amines is 1. The highest BCUT2D eigenvalue weighted by atomic mass is 32.1. The standard InChI is InChI=1S/C26H24N6OS/c1-15(2)32-14-29-23-25(27-10-9-16-12-28-21-8-7-17(33)11-19(16)21)30-24(31-26(23)32)20-13-34-22-6-4-3-5-18(20)22/h3-8,11-15,28,33H,9-10H2,1-2H3,(H,27,30,31). The number of aromatic nitrogens is 5. The fourth-order valence-electron chi connectivity index (χ4n) is 4.38. The second kappa shape index (κ2) is 8.14. The highest BCUT2D eigenvalue weighted by Gasteiger charge is 2.18. The van der Waals surface area contributed by atoms with Crippen molar-refractivity contribution in [3.63, 3.8) is 0 Å². The molecule has 6 rings (SSSR count). The number of phenols is 1. The van der Waals surface area contributed by atoms with Crippen LogP contribution in [0.3, 0.4) is 0 Å². The maximum absolute atomic E-state index is 9.88. The summed E-state index contributed by atoms with van der Waals surface area (Å²) in [4.78, 5) is 17.8. The third kappa shape index (κ3) is 3.47. The normalized spacial score (nSPS) is 11.9. The lowest BCUT2D eigenvalue weighted by molar-refractivity contribution is 0.476. The molecule has 0 atom stereocenters. The molecule has 4 heterocycles. The van der Waals surface area contributed by atoms with Crippen LogP contribution in [0.2, 0.25) is 0 Å². The summed E-state index contributed by atoms with van der Waals surface area (Å²) in [5, 5.41) is 17.7. The SMILES string of the molecule is CC(C)n1cnc2c(NCCc3c[nH]c4ccc(O)cc34)nc(-c3csc4ccccc34)nc21. The van der Waals surface area contributed by atoms with Crippen LogP contribution in [0.25, 0.3) is 43.5 Å². The molecule has 7 nitrogen and oxygen atoms in total. The lowest BCUT2D eigenvalue weighted by atomic mass is 10.1. The number of hydrogen-bond acceptors (Lipinski definition) is 6. The molecule has 0 saturated carbocycles. The maximum Gasteiger partial charge on any atom is 0.166 e. The molecular weight excluding hydrogens is 444 g/mol. The van der Waals surface area contributed by atoms with Gasteiger partial charge in [0.05, 0.1) is 6.33 Å². The van der Waals surface area contributed by atoms with Crippen LogP contribution in [0, 0.1) is 0 Å². The first-order chi connectivity index (χ1) is 16.6. The molecule has 0 aliphatic rings. The van der Waals surface area contributed by atoms with Gasteiger partial charge in [-0.15, -0.1) is 11.3 Å². The third-order valence-electron chi connectivity index (χ3n) is 6.14. The molecule has 0 spiro atoms. The molecule has 8 heteroatoms. The van der Waals surface area contributed by atoms with Crippen LogP contribution in [-0.4, -0.2) is 36.2 Å². The molecule has 0 unspecified atom stereocenters. The van der Waals surface area contributed by atoms with E-state index in [1.807, 2.05) is 24.7 Å². The molecule has 0 saturated heterocycles. The first kappa shape index (κ1) is 20.7. The molecule has 3 N–H and O–H groups in total. The first-order valence-electron chi connectivity index (χ1n) is 11.3. The number of aromatic hydroxyl groups is 1. The number of nitrogens with one attached hydrogen (secondary N) is 2. The molecular formula is C26H24N6OS. The highest BCUT2D eigenvalue weighted by Crippen LogP contribution is 2.34. The number of fused-ring (bicyclic) bond motifs is 3. The van der Waals surface area contributed by atoms with Crippen molar-refractivity contribution < 1.29 is 5.11 Å². The lowest BCUT2D eigenvalue weighted by Crippen LogP contribution is -2.09. The second-order valence-corrected chi connectivity index (χ2v) is 9.59. The summed E-state index contributed by atoms with van der Waals surface area (Å²) < 4.78 is 3.30. The van der Waals surface area contributed by atoms with E-state index in [0.29, 0.717) is 12.4 Å². The van der Waals surface area contributed by atoms with E-state index in [9.17, 15) is 5.11 Å². The average molecular weight is 469 g/mol. The van der Waals surface area contributed by atoms with Crippen molar-refractivity contribution in [3.05, 3.63) is 65.9 Å². The van der Waals surface area contributed by atoms with Crippen molar-refractivity contribution >= 4 is 49.3 Å². The van der Waals surface area contributed by atoms with E-state index < -0.39 is 0 Å². The van der Waals surface area contributed by atoms with Gasteiger partial charge in [-0.1, -0.05) is 18.2 Å². The van der Waals surface area contributed by atoms with Gasteiger partial charge in [0.25, 0.3) is 0 Å². The van der Waals surface area contributed by atoms with Crippen molar-refractivity contribution in [3.8, 4) is 17.1 Å². The van der Waals surface area contributed by atoms with Crippen LogP contribution in [0.15, 0.2) is 60.4 Å². The average Bonchev–Trinajstić information content (AvgIpc) is 3.55. The van der Waals surface area contributed by atoms with Gasteiger partial charge in [-0.2, -0.15) is 0 Å². The predicted octanol–water partition coefficient (Wildman–Crippen LogP) is 6.13. The Bertz CT molecular complexity index is 1640. The Kier molecular flexibility index (Phi) is 4.95. The van der Waals surface area contributed by atoms with Gasteiger partial charge < -0.3 is 20.0 Å². The largest absolute Gasteiger partial charge is 0.508 e. The molecule has 34 heavy (non-hydrogen) atoms. The molecule has 0 aliphatic carbocycles. The highest BCUT2D eigenvalue weighted by molar-refractivity contribution is 7.17. The number of H-pyrrole nitrogens is 1. The van der Waals surface area contributed by atoms with Crippen molar-refractivity contribution in [2.24, 2.45) is 0 Å². The van der Waals surface area contributed by atoms with Gasteiger partial charge in [0.1, 0.15) is 11.3 Å². The Labute approximate surface area is 200 Å². The Morgan fingerprint density at radius 3 is 2.88 bits per heavy atom. The van der Waals surface area contributed by atoms with E-state index in [1.165, 1.54) is 4.70 Å². The zero-order valence-corrected chi connectivity index (χ0v) is 19.7. The van der Waals surface area contributed by atoms with Crippen molar-refractivity contribution in [2.45, 2.75) is 26.3 Å². The van der Waals surface area contributed by atoms with Gasteiger partial charge in [-0.05, 0) is 50.1 Å². The zero-order valence-electron chi connectivity index (χ0n) is 18.9. The van der Waals surface area contributed by atoms with Crippen LogP contribution in [0.1, 0.15) is 25.5 Å². The van der Waals surface area contributed by atoms with E-state index >= 15 is 0 Å². The Balaban J connectivity index is 1.38. The smallest absolute Gasteiger partial charge is 0.166 e. The monoisotopic (exact) mass is 468 g/mol. The van der Waals surface area contributed by atoms with E-state index in [-0.39, 0.29) is 11.8 Å². The predicted molar refractivity (Wildman–Crippen MR) is 139 cm³/mol. The summed E-state index contributed by atoms with van der Waals surface area (Å²) in [6.45, 7) is 4.93. The number of imidazole rings is 1. The van der Waals surface area contributed by atoms with Gasteiger partial charge in [-0.3, -0.25) is 0 Å². The fourth-order valence-corrected chi connectivity index (χ4v) is 5.32. The Morgan fingerprint density at radius 2 is 2.00 bits per heavy atom. The van der Waals surface area contributed by atoms with Crippen LogP contribution in [0.5, 0.6) is 5.75 Å². The number of nitrogens with zero attached hydrogens (tertiary/aromatic N) is 4. The van der Waals surface area contributed by atoms with Gasteiger partial charge in [0, 0.05) is 50.7 Å². The van der Waals surface area contributed by atoms with Crippen molar-refractivity contribution in [2.75, 3.05) is 11.9 Å². The quantitative estimate of drug-likeness (QED) is 0.273. The van der Waals surface area contributed by atoms with E-state index in [0.717, 1.165) is 50.8 Å². The Morgan fingerprint density at radius 1 is 1.12 bits per heavy atom. The van der Waals surface area contributed by atoms with Crippen molar-refractivity contribution in [1.29, 1.82) is 0 Å². The molecule has 4 aromatic heterocycles. The molecule has 0 aliphatic heterocycles. The van der Waals surface area contributed by atoms with E-state index in [4.69, 9.17) is 9.97 Å². The molecule has 0 amide bonds. The number of anilines is 1. The molecule has 6 aromatic rings. The second-order valence-electron chi connectivity index (χ2n) is 8.68. The molecule has 0 bridgehead atoms. The summed E-state index contributed by atoms with van der Waals surface area (Å²) in [5.41, 5.74) is 4.79. The molecule has 2 aromatic carbocycles. The minimum Gasteiger partial charge on any atom is -0.508 e. The topological polar surface area (TPSA) is 91.7 Å². The number of rotatable bonds is 6. The Hall–Kier alpha value is -3.91. The summed E-state index contributed by atoms with van der Waals surface area (Å²) in [6, 6.07) is 14.0. The number of hydrogen-bond donors (Lipinski definition) is 3. The van der Waals surface area contributed by atoms with Crippen LogP contribution in [0.4, 0.5) is 5.82 Å². The summed E-state index contributed by atoms with van der Waals surface area (Å²) in [6.07, 6.45) is 4.61. The minimum absolute atomic E-state index is 0.235. The van der Waals surface area contributed by atoms with Crippen LogP contribution < -0.4 is 5.32 Å². The summed E-state index contributed by atoms with van der Waals surface area (Å²) in [7, 11) is 0. The third-order valence-corrected chi connectivity index (χ3v) is 7.10. The maximum atomic E-state index is 9.88. The molecule has 0 radical (unpaired) electrons. The number of benzene rings is 2. The summed E-state index contributed by atoms with van der Waals surface area (Å²) in [5.74, 6) is 1.70. The van der Waals surface area contributed by atoms with Gasteiger partial charge >= 0.3 is 0 Å². The summed E-state index contributed by atoms with van der Waals surface area (Å²) >= 11 is 1.70.